The second-order valence-corrected chi connectivity index (χ2v) is 6.52. The Balaban J connectivity index is 2.80. The van der Waals surface area contributed by atoms with Crippen molar-refractivity contribution in [3.05, 3.63) is 23.4 Å². The highest BCUT2D eigenvalue weighted by Gasteiger charge is 2.23. The van der Waals surface area contributed by atoms with Crippen LogP contribution in [0.15, 0.2) is 23.4 Å². The third-order valence-corrected chi connectivity index (χ3v) is 3.66. The SMILES string of the molecule is CN1C=CCC([S@](=O)C(C)(C)C)=C1. The van der Waals surface area contributed by atoms with Crippen LogP contribution >= 0.6 is 0 Å². The van der Waals surface area contributed by atoms with Gasteiger partial charge in [0.1, 0.15) is 0 Å². The van der Waals surface area contributed by atoms with Crippen LogP contribution in [0.4, 0.5) is 0 Å². The van der Waals surface area contributed by atoms with Gasteiger partial charge >= 0.3 is 0 Å². The van der Waals surface area contributed by atoms with E-state index >= 15 is 0 Å². The summed E-state index contributed by atoms with van der Waals surface area (Å²) < 4.78 is 11.8. The Labute approximate surface area is 82.8 Å². The van der Waals surface area contributed by atoms with E-state index in [0.29, 0.717) is 0 Å². The van der Waals surface area contributed by atoms with E-state index in [-0.39, 0.29) is 4.75 Å². The molecule has 13 heavy (non-hydrogen) atoms. The molecule has 0 saturated carbocycles. The Morgan fingerprint density at radius 1 is 1.46 bits per heavy atom. The van der Waals surface area contributed by atoms with Crippen LogP contribution in [0.1, 0.15) is 27.2 Å². The summed E-state index contributed by atoms with van der Waals surface area (Å²) in [6, 6.07) is 0. The lowest BCUT2D eigenvalue weighted by Crippen LogP contribution is -2.24. The van der Waals surface area contributed by atoms with E-state index in [2.05, 4.69) is 0 Å². The summed E-state index contributed by atoms with van der Waals surface area (Å²) in [6.45, 7) is 6.01. The van der Waals surface area contributed by atoms with Gasteiger partial charge in [-0.2, -0.15) is 0 Å². The number of hydrogen-bond donors (Lipinski definition) is 0. The molecule has 0 fully saturated rings. The maximum Gasteiger partial charge on any atom is 0.0560 e. The fourth-order valence-corrected chi connectivity index (χ4v) is 2.47. The molecule has 0 aromatic rings. The van der Waals surface area contributed by atoms with Gasteiger partial charge in [0.25, 0.3) is 0 Å². The molecule has 0 radical (unpaired) electrons. The lowest BCUT2D eigenvalue weighted by Gasteiger charge is -2.23. The van der Waals surface area contributed by atoms with Crippen molar-refractivity contribution in [3.8, 4) is 0 Å². The zero-order chi connectivity index (χ0) is 10.1. The maximum absolute atomic E-state index is 11.9. The molecule has 0 aliphatic carbocycles. The number of allylic oxidation sites excluding steroid dienone is 2. The molecule has 0 N–H and O–H groups in total. The second kappa shape index (κ2) is 3.66. The van der Waals surface area contributed by atoms with Crippen LogP contribution in [-0.4, -0.2) is 20.9 Å². The second-order valence-electron chi connectivity index (χ2n) is 4.23. The normalized spacial score (nSPS) is 20.0. The lowest BCUT2D eigenvalue weighted by atomic mass is 10.3. The highest BCUT2D eigenvalue weighted by molar-refractivity contribution is 7.90. The molecular formula is C10H17NOS. The van der Waals surface area contributed by atoms with Crippen molar-refractivity contribution in [2.75, 3.05) is 7.05 Å². The summed E-state index contributed by atoms with van der Waals surface area (Å²) in [4.78, 5) is 2.96. The Morgan fingerprint density at radius 2 is 2.08 bits per heavy atom. The molecule has 0 unspecified atom stereocenters. The first-order valence-corrected chi connectivity index (χ1v) is 5.57. The number of hydrogen-bond acceptors (Lipinski definition) is 2. The first-order valence-electron chi connectivity index (χ1n) is 4.42. The number of nitrogens with zero attached hydrogens (tertiary/aromatic N) is 1. The Bertz CT molecular complexity index is 273. The van der Waals surface area contributed by atoms with Crippen molar-refractivity contribution in [2.45, 2.75) is 31.9 Å². The summed E-state index contributed by atoms with van der Waals surface area (Å²) >= 11 is 0. The average molecular weight is 199 g/mol. The van der Waals surface area contributed by atoms with Gasteiger partial charge in [-0.25, -0.2) is 0 Å². The number of rotatable bonds is 1. The minimum absolute atomic E-state index is 0.155. The standard InChI is InChI=1S/C10H17NOS/c1-10(2,3)13(12)9-6-5-7-11(4)8-9/h5,7-8H,6H2,1-4H3/t13-/m0/s1. The van der Waals surface area contributed by atoms with E-state index in [4.69, 9.17) is 0 Å². The van der Waals surface area contributed by atoms with Gasteiger partial charge in [0.05, 0.1) is 10.8 Å². The van der Waals surface area contributed by atoms with Crippen LogP contribution < -0.4 is 0 Å². The predicted octanol–water partition coefficient (Wildman–Crippen LogP) is 2.22. The Hall–Kier alpha value is -0.570. The van der Waals surface area contributed by atoms with Gasteiger partial charge in [-0.15, -0.1) is 0 Å². The molecule has 0 saturated heterocycles. The molecule has 1 aliphatic rings. The summed E-state index contributed by atoms with van der Waals surface area (Å²) in [6.07, 6.45) is 6.80. The minimum Gasteiger partial charge on any atom is -0.357 e. The van der Waals surface area contributed by atoms with E-state index in [1.807, 2.05) is 51.2 Å². The van der Waals surface area contributed by atoms with Crippen molar-refractivity contribution in [1.29, 1.82) is 0 Å². The van der Waals surface area contributed by atoms with Crippen LogP contribution in [0.2, 0.25) is 0 Å². The van der Waals surface area contributed by atoms with E-state index < -0.39 is 10.8 Å². The monoisotopic (exact) mass is 199 g/mol. The van der Waals surface area contributed by atoms with Crippen molar-refractivity contribution in [2.24, 2.45) is 0 Å². The van der Waals surface area contributed by atoms with E-state index in [1.54, 1.807) is 0 Å². The molecule has 0 spiro atoms. The third kappa shape index (κ3) is 2.69. The molecule has 0 amide bonds. The van der Waals surface area contributed by atoms with Crippen LogP contribution in [-0.2, 0) is 10.8 Å². The summed E-state index contributed by atoms with van der Waals surface area (Å²) in [7, 11) is 1.08. The van der Waals surface area contributed by atoms with Crippen molar-refractivity contribution in [1.82, 2.24) is 4.90 Å². The molecule has 74 valence electrons. The molecule has 1 rings (SSSR count). The fourth-order valence-electron chi connectivity index (χ4n) is 1.17. The topological polar surface area (TPSA) is 20.3 Å². The van der Waals surface area contributed by atoms with Gasteiger partial charge in [0, 0.05) is 29.3 Å². The van der Waals surface area contributed by atoms with Gasteiger partial charge in [0.15, 0.2) is 0 Å². The fraction of sp³-hybridized carbons (Fsp3) is 0.600. The van der Waals surface area contributed by atoms with Gasteiger partial charge in [-0.1, -0.05) is 6.08 Å². The Morgan fingerprint density at radius 3 is 2.54 bits per heavy atom. The van der Waals surface area contributed by atoms with Gasteiger partial charge in [-0.05, 0) is 27.0 Å². The lowest BCUT2D eigenvalue weighted by molar-refractivity contribution is 0.604. The molecule has 0 aromatic heterocycles. The average Bonchev–Trinajstić information content (AvgIpc) is 2.01. The van der Waals surface area contributed by atoms with Gasteiger partial charge < -0.3 is 4.90 Å². The first-order chi connectivity index (χ1) is 5.91. The smallest absolute Gasteiger partial charge is 0.0560 e. The van der Waals surface area contributed by atoms with Crippen LogP contribution in [0.25, 0.3) is 0 Å². The van der Waals surface area contributed by atoms with Crippen molar-refractivity contribution >= 4 is 10.8 Å². The molecule has 1 atom stereocenters. The quantitative estimate of drug-likeness (QED) is 0.645. The summed E-state index contributed by atoms with van der Waals surface area (Å²) in [5, 5.41) is 0. The third-order valence-electron chi connectivity index (χ3n) is 1.80. The molecule has 3 heteroatoms. The zero-order valence-corrected chi connectivity index (χ0v) is 9.52. The molecule has 1 heterocycles. The van der Waals surface area contributed by atoms with E-state index in [9.17, 15) is 4.21 Å². The van der Waals surface area contributed by atoms with Crippen molar-refractivity contribution < 1.29 is 4.21 Å². The molecule has 2 nitrogen and oxygen atoms in total. The highest BCUT2D eigenvalue weighted by Crippen LogP contribution is 2.23. The molecular weight excluding hydrogens is 182 g/mol. The largest absolute Gasteiger partial charge is 0.357 e. The highest BCUT2D eigenvalue weighted by atomic mass is 32.2. The minimum atomic E-state index is -0.876. The van der Waals surface area contributed by atoms with E-state index in [0.717, 1.165) is 11.3 Å². The summed E-state index contributed by atoms with van der Waals surface area (Å²) in [5.41, 5.74) is 0. The molecule has 0 aromatic carbocycles. The molecule has 1 aliphatic heterocycles. The van der Waals surface area contributed by atoms with Crippen LogP contribution in [0.3, 0.4) is 0 Å². The van der Waals surface area contributed by atoms with Crippen LogP contribution in [0.5, 0.6) is 0 Å². The van der Waals surface area contributed by atoms with Gasteiger partial charge in [-0.3, -0.25) is 4.21 Å². The maximum atomic E-state index is 11.9. The van der Waals surface area contributed by atoms with Gasteiger partial charge in [0.2, 0.25) is 0 Å². The zero-order valence-electron chi connectivity index (χ0n) is 8.70. The Kier molecular flexibility index (Phi) is 2.96. The van der Waals surface area contributed by atoms with E-state index in [1.165, 1.54) is 0 Å². The van der Waals surface area contributed by atoms with Crippen LogP contribution in [0, 0.1) is 0 Å². The predicted molar refractivity (Wildman–Crippen MR) is 57.5 cm³/mol. The molecule has 0 bridgehead atoms. The first kappa shape index (κ1) is 10.5. The van der Waals surface area contributed by atoms with Crippen molar-refractivity contribution in [3.63, 3.8) is 0 Å². The summed E-state index contributed by atoms with van der Waals surface area (Å²) in [5.74, 6) is 0.